The van der Waals surface area contributed by atoms with Gasteiger partial charge in [0.2, 0.25) is 0 Å². The standard InChI is InChI=1S/C13H18N6O/c1-20-8-7-15-12-11(14)13(17-9-16-12)19-18-10-5-3-2-4-6-10/h2-6,9,18H,7-8,14H2,1H3,(H2,15,16,17,19). The van der Waals surface area contributed by atoms with Gasteiger partial charge in [0.15, 0.2) is 11.6 Å². The Hall–Kier alpha value is -2.54. The molecule has 2 aromatic rings. The highest BCUT2D eigenvalue weighted by molar-refractivity contribution is 5.74. The number of methoxy groups -OCH3 is 1. The van der Waals surface area contributed by atoms with E-state index in [1.807, 2.05) is 30.3 Å². The number of nitrogen functional groups attached to an aromatic ring is 1. The Morgan fingerprint density at radius 1 is 1.10 bits per heavy atom. The van der Waals surface area contributed by atoms with E-state index < -0.39 is 0 Å². The van der Waals surface area contributed by atoms with Crippen molar-refractivity contribution in [3.05, 3.63) is 36.7 Å². The lowest BCUT2D eigenvalue weighted by atomic mass is 10.3. The second-order valence-corrected chi connectivity index (χ2v) is 4.02. The predicted octanol–water partition coefficient (Wildman–Crippen LogP) is 1.56. The first kappa shape index (κ1) is 13.9. The Labute approximate surface area is 117 Å². The summed E-state index contributed by atoms with van der Waals surface area (Å²) in [7, 11) is 1.64. The number of ether oxygens (including phenoxy) is 1. The van der Waals surface area contributed by atoms with Gasteiger partial charge in [-0.1, -0.05) is 18.2 Å². The number of hydrazine groups is 1. The quantitative estimate of drug-likeness (QED) is 0.449. The second-order valence-electron chi connectivity index (χ2n) is 4.02. The number of hydrogen-bond acceptors (Lipinski definition) is 7. The van der Waals surface area contributed by atoms with E-state index in [-0.39, 0.29) is 0 Å². The summed E-state index contributed by atoms with van der Waals surface area (Å²) in [6.07, 6.45) is 1.44. The van der Waals surface area contributed by atoms with E-state index in [4.69, 9.17) is 10.5 Å². The van der Waals surface area contributed by atoms with Crippen LogP contribution in [0.1, 0.15) is 0 Å². The molecule has 0 bridgehead atoms. The Morgan fingerprint density at radius 2 is 1.85 bits per heavy atom. The van der Waals surface area contributed by atoms with Gasteiger partial charge in [-0.2, -0.15) is 0 Å². The van der Waals surface area contributed by atoms with Crippen molar-refractivity contribution < 1.29 is 4.74 Å². The number of anilines is 4. The predicted molar refractivity (Wildman–Crippen MR) is 80.5 cm³/mol. The topological polar surface area (TPSA) is 97.1 Å². The molecule has 0 aliphatic heterocycles. The van der Waals surface area contributed by atoms with Crippen LogP contribution in [0.25, 0.3) is 0 Å². The summed E-state index contributed by atoms with van der Waals surface area (Å²) >= 11 is 0. The molecular weight excluding hydrogens is 256 g/mol. The number of benzene rings is 1. The summed E-state index contributed by atoms with van der Waals surface area (Å²) < 4.78 is 4.96. The van der Waals surface area contributed by atoms with E-state index >= 15 is 0 Å². The van der Waals surface area contributed by atoms with Crippen LogP contribution in [0, 0.1) is 0 Å². The fraction of sp³-hybridized carbons (Fsp3) is 0.231. The molecule has 0 radical (unpaired) electrons. The maximum absolute atomic E-state index is 6.00. The van der Waals surface area contributed by atoms with Crippen molar-refractivity contribution in [3.8, 4) is 0 Å². The summed E-state index contributed by atoms with van der Waals surface area (Å²) in [5.74, 6) is 1.10. The smallest absolute Gasteiger partial charge is 0.173 e. The van der Waals surface area contributed by atoms with Crippen molar-refractivity contribution in [2.45, 2.75) is 0 Å². The van der Waals surface area contributed by atoms with Gasteiger partial charge >= 0.3 is 0 Å². The number of nitrogens with two attached hydrogens (primary N) is 1. The highest BCUT2D eigenvalue weighted by Gasteiger charge is 2.07. The molecule has 5 N–H and O–H groups in total. The van der Waals surface area contributed by atoms with Crippen LogP contribution in [0.5, 0.6) is 0 Å². The summed E-state index contributed by atoms with van der Waals surface area (Å²) in [5, 5.41) is 3.08. The third kappa shape index (κ3) is 3.72. The monoisotopic (exact) mass is 274 g/mol. The van der Waals surface area contributed by atoms with Gasteiger partial charge in [-0.15, -0.1) is 0 Å². The maximum atomic E-state index is 6.00. The number of rotatable bonds is 7. The third-order valence-corrected chi connectivity index (χ3v) is 2.58. The van der Waals surface area contributed by atoms with Crippen LogP contribution in [-0.4, -0.2) is 30.2 Å². The fourth-order valence-electron chi connectivity index (χ4n) is 1.56. The second kappa shape index (κ2) is 7.15. The van der Waals surface area contributed by atoms with E-state index in [0.29, 0.717) is 30.5 Å². The molecule has 1 aromatic heterocycles. The van der Waals surface area contributed by atoms with Crippen molar-refractivity contribution in [2.24, 2.45) is 0 Å². The Balaban J connectivity index is 1.99. The lowest BCUT2D eigenvalue weighted by molar-refractivity contribution is 0.210. The van der Waals surface area contributed by atoms with E-state index in [1.165, 1.54) is 6.33 Å². The fourth-order valence-corrected chi connectivity index (χ4v) is 1.56. The van der Waals surface area contributed by atoms with Gasteiger partial charge in [0.25, 0.3) is 0 Å². The molecule has 0 atom stereocenters. The van der Waals surface area contributed by atoms with Crippen LogP contribution < -0.4 is 21.9 Å². The molecule has 1 aromatic carbocycles. The molecule has 0 aliphatic carbocycles. The molecule has 20 heavy (non-hydrogen) atoms. The minimum Gasteiger partial charge on any atom is -0.393 e. The van der Waals surface area contributed by atoms with E-state index in [1.54, 1.807) is 7.11 Å². The average Bonchev–Trinajstić information content (AvgIpc) is 2.49. The number of nitrogens with zero attached hydrogens (tertiary/aromatic N) is 2. The molecule has 0 unspecified atom stereocenters. The first-order valence-corrected chi connectivity index (χ1v) is 6.21. The summed E-state index contributed by atoms with van der Waals surface area (Å²) in [5.41, 5.74) is 13.4. The van der Waals surface area contributed by atoms with Gasteiger partial charge in [-0.25, -0.2) is 9.97 Å². The summed E-state index contributed by atoms with van der Waals surface area (Å²) in [6.45, 7) is 1.21. The van der Waals surface area contributed by atoms with Crippen LogP contribution in [0.3, 0.4) is 0 Å². The molecule has 0 saturated heterocycles. The zero-order chi connectivity index (χ0) is 14.2. The van der Waals surface area contributed by atoms with E-state index in [9.17, 15) is 0 Å². The zero-order valence-corrected chi connectivity index (χ0v) is 11.3. The summed E-state index contributed by atoms with van der Waals surface area (Å²) in [6, 6.07) is 9.68. The van der Waals surface area contributed by atoms with Crippen LogP contribution in [0.2, 0.25) is 0 Å². The SMILES string of the molecule is COCCNc1ncnc(NNc2ccccc2)c1N. The Bertz CT molecular complexity index is 534. The van der Waals surface area contributed by atoms with Gasteiger partial charge in [-0.3, -0.25) is 10.9 Å². The van der Waals surface area contributed by atoms with Crippen LogP contribution in [0.15, 0.2) is 36.7 Å². The maximum Gasteiger partial charge on any atom is 0.173 e. The zero-order valence-electron chi connectivity index (χ0n) is 11.3. The molecule has 106 valence electrons. The molecule has 7 nitrogen and oxygen atoms in total. The van der Waals surface area contributed by atoms with Crippen molar-refractivity contribution in [3.63, 3.8) is 0 Å². The Morgan fingerprint density at radius 3 is 2.60 bits per heavy atom. The first-order valence-electron chi connectivity index (χ1n) is 6.21. The molecule has 0 aliphatic rings. The van der Waals surface area contributed by atoms with Crippen molar-refractivity contribution in [1.29, 1.82) is 0 Å². The van der Waals surface area contributed by atoms with Gasteiger partial charge < -0.3 is 15.8 Å². The van der Waals surface area contributed by atoms with Gasteiger partial charge in [0.05, 0.1) is 12.3 Å². The minimum atomic E-state index is 0.451. The van der Waals surface area contributed by atoms with E-state index in [0.717, 1.165) is 5.69 Å². The highest BCUT2D eigenvalue weighted by atomic mass is 16.5. The normalized spacial score (nSPS) is 10.1. The lowest BCUT2D eigenvalue weighted by Crippen LogP contribution is -2.15. The molecule has 0 saturated carbocycles. The van der Waals surface area contributed by atoms with Crippen LogP contribution in [-0.2, 0) is 4.74 Å². The Kier molecular flexibility index (Phi) is 4.96. The highest BCUT2D eigenvalue weighted by Crippen LogP contribution is 2.22. The van der Waals surface area contributed by atoms with E-state index in [2.05, 4.69) is 26.1 Å². The van der Waals surface area contributed by atoms with Crippen LogP contribution >= 0.6 is 0 Å². The van der Waals surface area contributed by atoms with Crippen molar-refractivity contribution in [2.75, 3.05) is 42.2 Å². The third-order valence-electron chi connectivity index (χ3n) is 2.58. The first-order chi connectivity index (χ1) is 9.81. The molecule has 2 rings (SSSR count). The molecule has 0 amide bonds. The molecule has 7 heteroatoms. The molecular formula is C13H18N6O. The lowest BCUT2D eigenvalue weighted by Gasteiger charge is -2.13. The molecule has 0 spiro atoms. The summed E-state index contributed by atoms with van der Waals surface area (Å²) in [4.78, 5) is 8.20. The number of nitrogens with one attached hydrogen (secondary N) is 3. The number of para-hydroxylation sites is 1. The van der Waals surface area contributed by atoms with Crippen molar-refractivity contribution >= 4 is 23.0 Å². The minimum absolute atomic E-state index is 0.451. The van der Waals surface area contributed by atoms with Gasteiger partial charge in [0, 0.05) is 13.7 Å². The number of aromatic nitrogens is 2. The van der Waals surface area contributed by atoms with Gasteiger partial charge in [0.1, 0.15) is 12.0 Å². The average molecular weight is 274 g/mol. The largest absolute Gasteiger partial charge is 0.393 e. The van der Waals surface area contributed by atoms with Crippen molar-refractivity contribution in [1.82, 2.24) is 9.97 Å². The van der Waals surface area contributed by atoms with Gasteiger partial charge in [-0.05, 0) is 12.1 Å². The molecule has 1 heterocycles. The molecule has 0 fully saturated rings. The number of hydrogen-bond donors (Lipinski definition) is 4. The van der Waals surface area contributed by atoms with Crippen LogP contribution in [0.4, 0.5) is 23.0 Å².